The van der Waals surface area contributed by atoms with Crippen LogP contribution < -0.4 is 10.6 Å². The van der Waals surface area contributed by atoms with E-state index in [1.165, 1.54) is 0 Å². The van der Waals surface area contributed by atoms with Crippen molar-refractivity contribution in [2.24, 2.45) is 15.4 Å². The molecule has 0 amide bonds. The largest absolute Gasteiger partial charge is 0.508 e. The Kier molecular flexibility index (Phi) is 12.7. The molecule has 0 aliphatic heterocycles. The highest BCUT2D eigenvalue weighted by molar-refractivity contribution is 5.85. The minimum absolute atomic E-state index is 0.127. The summed E-state index contributed by atoms with van der Waals surface area (Å²) in [6.07, 6.45) is 3.37. The minimum atomic E-state index is -0.140. The van der Waals surface area contributed by atoms with Crippen LogP contribution in [0.4, 0.5) is 0 Å². The second-order valence-electron chi connectivity index (χ2n) is 16.2. The predicted molar refractivity (Wildman–Crippen MR) is 210 cm³/mol. The number of nitrogens with zero attached hydrogens (tertiary/aromatic N) is 2. The standard InChI is InChI=1S/C43H56N4O4/c1-41(2,3)35-17-31(23-44-21-29-13-9-11-15-37(29)48)39(50)33(19-35)25-46-27-43(7,8)28-47-26-34-20-36(42(4,5)6)18-32(40(34)51)24-45-22-30-14-10-12-16-38(30)49/h9-20,23-24,46-51H,21-22,25-28H2,1-8H3/b44-23+,45-24+. The van der Waals surface area contributed by atoms with Crippen molar-refractivity contribution in [3.8, 4) is 23.0 Å². The molecule has 0 saturated carbocycles. The third kappa shape index (κ3) is 11.2. The van der Waals surface area contributed by atoms with Crippen LogP contribution in [0.3, 0.4) is 0 Å². The molecule has 0 unspecified atom stereocenters. The second kappa shape index (κ2) is 16.6. The van der Waals surface area contributed by atoms with Gasteiger partial charge in [0.05, 0.1) is 13.1 Å². The molecule has 4 rings (SSSR count). The van der Waals surface area contributed by atoms with Crippen LogP contribution in [-0.2, 0) is 37.0 Å². The molecule has 8 heteroatoms. The van der Waals surface area contributed by atoms with Crippen LogP contribution in [-0.4, -0.2) is 45.9 Å². The quantitative estimate of drug-likeness (QED) is 0.0739. The van der Waals surface area contributed by atoms with Crippen molar-refractivity contribution >= 4 is 12.4 Å². The molecule has 0 radical (unpaired) electrons. The van der Waals surface area contributed by atoms with Crippen molar-refractivity contribution in [3.63, 3.8) is 0 Å². The van der Waals surface area contributed by atoms with Gasteiger partial charge in [0.2, 0.25) is 0 Å². The summed E-state index contributed by atoms with van der Waals surface area (Å²) in [5, 5.41) is 49.8. The van der Waals surface area contributed by atoms with E-state index in [1.54, 1.807) is 36.7 Å². The van der Waals surface area contributed by atoms with Gasteiger partial charge in [0, 0.05) is 72.0 Å². The highest BCUT2D eigenvalue weighted by Gasteiger charge is 2.22. The van der Waals surface area contributed by atoms with Gasteiger partial charge in [0.1, 0.15) is 23.0 Å². The molecule has 0 aliphatic rings. The minimum Gasteiger partial charge on any atom is -0.508 e. The highest BCUT2D eigenvalue weighted by atomic mass is 16.3. The van der Waals surface area contributed by atoms with Crippen LogP contribution in [0.1, 0.15) is 99.9 Å². The Morgan fingerprint density at radius 3 is 1.25 bits per heavy atom. The Morgan fingerprint density at radius 2 is 0.902 bits per heavy atom. The molecule has 4 aromatic rings. The molecule has 51 heavy (non-hydrogen) atoms. The van der Waals surface area contributed by atoms with Crippen LogP contribution in [0, 0.1) is 5.41 Å². The lowest BCUT2D eigenvalue weighted by molar-refractivity contribution is 0.317. The van der Waals surface area contributed by atoms with Crippen molar-refractivity contribution in [1.29, 1.82) is 0 Å². The molecule has 0 bridgehead atoms. The summed E-state index contributed by atoms with van der Waals surface area (Å²) >= 11 is 0. The van der Waals surface area contributed by atoms with E-state index in [1.807, 2.05) is 36.4 Å². The Morgan fingerprint density at radius 1 is 0.529 bits per heavy atom. The molecule has 0 spiro atoms. The molecule has 0 aliphatic carbocycles. The monoisotopic (exact) mass is 692 g/mol. The van der Waals surface area contributed by atoms with Gasteiger partial charge in [0.15, 0.2) is 0 Å². The van der Waals surface area contributed by atoms with Crippen molar-refractivity contribution in [2.75, 3.05) is 13.1 Å². The maximum atomic E-state index is 11.2. The number of aliphatic imine (C=N–C) groups is 2. The van der Waals surface area contributed by atoms with Crippen LogP contribution in [0.15, 0.2) is 82.8 Å². The zero-order valence-corrected chi connectivity index (χ0v) is 31.5. The maximum Gasteiger partial charge on any atom is 0.128 e. The van der Waals surface area contributed by atoms with E-state index in [0.717, 1.165) is 33.4 Å². The van der Waals surface area contributed by atoms with Gasteiger partial charge in [-0.05, 0) is 51.6 Å². The fourth-order valence-corrected chi connectivity index (χ4v) is 5.68. The maximum absolute atomic E-state index is 11.2. The SMILES string of the molecule is CC(C)(CNCc1cc(C(C)(C)C)cc(/C=N/Cc2ccccc2O)c1O)CNCc1cc(C(C)(C)C)cc(/C=N/Cc2ccccc2O)c1O. The van der Waals surface area contributed by atoms with Crippen molar-refractivity contribution < 1.29 is 20.4 Å². The molecule has 4 aromatic carbocycles. The first-order chi connectivity index (χ1) is 23.9. The third-order valence-electron chi connectivity index (χ3n) is 8.97. The summed E-state index contributed by atoms with van der Waals surface area (Å²) in [5.74, 6) is 0.801. The summed E-state index contributed by atoms with van der Waals surface area (Å²) in [6, 6.07) is 22.3. The first kappa shape index (κ1) is 39.1. The van der Waals surface area contributed by atoms with E-state index in [2.05, 4.69) is 88.1 Å². The molecule has 272 valence electrons. The zero-order valence-electron chi connectivity index (χ0n) is 31.5. The number of para-hydroxylation sites is 2. The number of phenols is 4. The van der Waals surface area contributed by atoms with E-state index in [0.29, 0.717) is 50.4 Å². The average molecular weight is 693 g/mol. The molecular weight excluding hydrogens is 636 g/mol. The first-order valence-electron chi connectivity index (χ1n) is 17.6. The molecule has 6 N–H and O–H groups in total. The van der Waals surface area contributed by atoms with Gasteiger partial charge >= 0.3 is 0 Å². The van der Waals surface area contributed by atoms with Crippen LogP contribution in [0.2, 0.25) is 0 Å². The van der Waals surface area contributed by atoms with E-state index in [4.69, 9.17) is 0 Å². The summed E-state index contributed by atoms with van der Waals surface area (Å²) < 4.78 is 0. The normalized spacial score (nSPS) is 12.7. The van der Waals surface area contributed by atoms with Gasteiger partial charge in [-0.2, -0.15) is 0 Å². The lowest BCUT2D eigenvalue weighted by Gasteiger charge is -2.27. The topological polar surface area (TPSA) is 130 Å². The van der Waals surface area contributed by atoms with Gasteiger partial charge in [-0.3, -0.25) is 9.98 Å². The smallest absolute Gasteiger partial charge is 0.128 e. The van der Waals surface area contributed by atoms with E-state index >= 15 is 0 Å². The lowest BCUT2D eigenvalue weighted by atomic mass is 9.84. The molecule has 0 aromatic heterocycles. The Balaban J connectivity index is 1.41. The average Bonchev–Trinajstić information content (AvgIpc) is 3.04. The van der Waals surface area contributed by atoms with Gasteiger partial charge in [0.25, 0.3) is 0 Å². The van der Waals surface area contributed by atoms with Crippen molar-refractivity contribution in [2.45, 2.75) is 92.4 Å². The molecule has 0 saturated heterocycles. The van der Waals surface area contributed by atoms with Gasteiger partial charge in [-0.15, -0.1) is 0 Å². The fourth-order valence-electron chi connectivity index (χ4n) is 5.68. The summed E-state index contributed by atoms with van der Waals surface area (Å²) in [7, 11) is 0. The highest BCUT2D eigenvalue weighted by Crippen LogP contribution is 2.32. The molecule has 8 nitrogen and oxygen atoms in total. The van der Waals surface area contributed by atoms with E-state index in [9.17, 15) is 20.4 Å². The first-order valence-corrected chi connectivity index (χ1v) is 17.6. The molecule has 0 atom stereocenters. The Labute approximate surface area is 304 Å². The lowest BCUT2D eigenvalue weighted by Crippen LogP contribution is -2.37. The molecule has 0 fully saturated rings. The van der Waals surface area contributed by atoms with Gasteiger partial charge < -0.3 is 31.1 Å². The van der Waals surface area contributed by atoms with Gasteiger partial charge in [-0.25, -0.2) is 0 Å². The number of benzene rings is 4. The zero-order chi connectivity index (χ0) is 37.4. The fraction of sp³-hybridized carbons (Fsp3) is 0.395. The molecule has 0 heterocycles. The number of rotatable bonds is 14. The summed E-state index contributed by atoms with van der Waals surface area (Å²) in [6.45, 7) is 20.2. The number of phenolic OH excluding ortho intramolecular Hbond substituents is 4. The van der Waals surface area contributed by atoms with E-state index in [-0.39, 0.29) is 39.2 Å². The number of nitrogens with one attached hydrogen (secondary N) is 2. The summed E-state index contributed by atoms with van der Waals surface area (Å²) in [5.41, 5.74) is 6.16. The predicted octanol–water partition coefficient (Wildman–Crippen LogP) is 8.25. The number of aromatic hydroxyl groups is 4. The number of hydrogen-bond acceptors (Lipinski definition) is 8. The number of hydrogen-bond donors (Lipinski definition) is 6. The van der Waals surface area contributed by atoms with Crippen molar-refractivity contribution in [1.82, 2.24) is 10.6 Å². The van der Waals surface area contributed by atoms with Crippen LogP contribution >= 0.6 is 0 Å². The summed E-state index contributed by atoms with van der Waals surface area (Å²) in [4.78, 5) is 9.06. The second-order valence-corrected chi connectivity index (χ2v) is 16.2. The third-order valence-corrected chi connectivity index (χ3v) is 8.97. The van der Waals surface area contributed by atoms with Crippen LogP contribution in [0.5, 0.6) is 23.0 Å². The Hall–Kier alpha value is -4.66. The molecular formula is C43H56N4O4. The van der Waals surface area contributed by atoms with Crippen molar-refractivity contribution in [3.05, 3.63) is 117 Å². The Bertz CT molecular complexity index is 1720. The van der Waals surface area contributed by atoms with Crippen LogP contribution in [0.25, 0.3) is 0 Å². The van der Waals surface area contributed by atoms with E-state index < -0.39 is 0 Å². The van der Waals surface area contributed by atoms with Gasteiger partial charge in [-0.1, -0.05) is 104 Å².